The smallest absolute Gasteiger partial charge is 0.0512 e. The van der Waals surface area contributed by atoms with Crippen molar-refractivity contribution in [3.05, 3.63) is 33.8 Å². The summed E-state index contributed by atoms with van der Waals surface area (Å²) < 4.78 is 5.44. The first-order chi connectivity index (χ1) is 7.66. The molecule has 0 saturated carbocycles. The molecule has 2 nitrogen and oxygen atoms in total. The normalized spacial score (nSPS) is 25.7. The van der Waals surface area contributed by atoms with Crippen molar-refractivity contribution < 1.29 is 4.74 Å². The molecule has 1 aliphatic heterocycles. The molecule has 1 fully saturated rings. The van der Waals surface area contributed by atoms with Crippen LogP contribution in [-0.2, 0) is 11.2 Å². The molecule has 0 radical (unpaired) electrons. The standard InChI is InChI=1S/C12H15Cl2NO/c13-10-2-1-8(11(14)6-10)5-9-7-16-4-3-12(9)15/h1-2,6,9,12H,3-5,7,15H2/t9-,12+/m1/s1. The van der Waals surface area contributed by atoms with E-state index in [2.05, 4.69) is 0 Å². The minimum absolute atomic E-state index is 0.209. The first-order valence-corrected chi connectivity index (χ1v) is 6.19. The van der Waals surface area contributed by atoms with Gasteiger partial charge in [0.15, 0.2) is 0 Å². The van der Waals surface area contributed by atoms with Gasteiger partial charge in [0.2, 0.25) is 0 Å². The van der Waals surface area contributed by atoms with Crippen molar-refractivity contribution in [1.82, 2.24) is 0 Å². The Bertz CT molecular complexity index is 370. The fourth-order valence-electron chi connectivity index (χ4n) is 1.99. The Morgan fingerprint density at radius 3 is 2.88 bits per heavy atom. The molecule has 2 atom stereocenters. The molecule has 1 heterocycles. The van der Waals surface area contributed by atoms with Crippen molar-refractivity contribution in [1.29, 1.82) is 0 Å². The maximum Gasteiger partial charge on any atom is 0.0512 e. The van der Waals surface area contributed by atoms with Crippen LogP contribution in [0.15, 0.2) is 18.2 Å². The van der Waals surface area contributed by atoms with E-state index in [0.717, 1.165) is 31.6 Å². The van der Waals surface area contributed by atoms with Crippen molar-refractivity contribution in [3.63, 3.8) is 0 Å². The van der Waals surface area contributed by atoms with Crippen molar-refractivity contribution in [2.45, 2.75) is 18.9 Å². The third-order valence-corrected chi connectivity index (χ3v) is 3.62. The fourth-order valence-corrected chi connectivity index (χ4v) is 2.48. The summed E-state index contributed by atoms with van der Waals surface area (Å²) in [6.07, 6.45) is 1.78. The first kappa shape index (κ1) is 12.2. The zero-order chi connectivity index (χ0) is 11.5. The van der Waals surface area contributed by atoms with Gasteiger partial charge in [-0.25, -0.2) is 0 Å². The highest BCUT2D eigenvalue weighted by atomic mass is 35.5. The maximum atomic E-state index is 6.13. The predicted molar refractivity (Wildman–Crippen MR) is 67.1 cm³/mol. The zero-order valence-electron chi connectivity index (χ0n) is 8.96. The minimum atomic E-state index is 0.209. The largest absolute Gasteiger partial charge is 0.381 e. The van der Waals surface area contributed by atoms with Gasteiger partial charge in [0.05, 0.1) is 6.61 Å². The van der Waals surface area contributed by atoms with Crippen molar-refractivity contribution in [2.24, 2.45) is 11.7 Å². The van der Waals surface area contributed by atoms with Gasteiger partial charge < -0.3 is 10.5 Å². The third-order valence-electron chi connectivity index (χ3n) is 3.03. The average Bonchev–Trinajstić information content (AvgIpc) is 2.25. The molecule has 0 amide bonds. The minimum Gasteiger partial charge on any atom is -0.381 e. The van der Waals surface area contributed by atoms with E-state index in [1.165, 1.54) is 0 Å². The lowest BCUT2D eigenvalue weighted by Crippen LogP contribution is -2.39. The molecule has 2 N–H and O–H groups in total. The summed E-state index contributed by atoms with van der Waals surface area (Å²) in [5.41, 5.74) is 7.15. The number of benzene rings is 1. The van der Waals surface area contributed by atoms with Crippen LogP contribution in [0.2, 0.25) is 10.0 Å². The van der Waals surface area contributed by atoms with E-state index < -0.39 is 0 Å². The molecule has 0 bridgehead atoms. The van der Waals surface area contributed by atoms with E-state index >= 15 is 0 Å². The fraction of sp³-hybridized carbons (Fsp3) is 0.500. The van der Waals surface area contributed by atoms with Gasteiger partial charge in [-0.1, -0.05) is 29.3 Å². The Labute approximate surface area is 106 Å². The number of rotatable bonds is 2. The Hall–Kier alpha value is -0.280. The summed E-state index contributed by atoms with van der Waals surface area (Å²) in [7, 11) is 0. The highest BCUT2D eigenvalue weighted by Gasteiger charge is 2.23. The summed E-state index contributed by atoms with van der Waals surface area (Å²) in [6, 6.07) is 5.80. The lowest BCUT2D eigenvalue weighted by Gasteiger charge is -2.28. The van der Waals surface area contributed by atoms with Gasteiger partial charge in [-0.05, 0) is 30.5 Å². The van der Waals surface area contributed by atoms with Gasteiger partial charge in [0, 0.05) is 28.6 Å². The summed E-state index contributed by atoms with van der Waals surface area (Å²) in [5, 5.41) is 1.38. The molecule has 0 aliphatic carbocycles. The Kier molecular flexibility index (Phi) is 4.09. The van der Waals surface area contributed by atoms with E-state index in [0.29, 0.717) is 16.0 Å². The van der Waals surface area contributed by atoms with Crippen LogP contribution in [0.25, 0.3) is 0 Å². The molecular weight excluding hydrogens is 245 g/mol. The molecule has 1 aliphatic rings. The summed E-state index contributed by atoms with van der Waals surface area (Å²) in [5.74, 6) is 0.354. The molecule has 1 saturated heterocycles. The van der Waals surface area contributed by atoms with E-state index in [-0.39, 0.29) is 6.04 Å². The van der Waals surface area contributed by atoms with Gasteiger partial charge in [0.1, 0.15) is 0 Å². The number of hydrogen-bond acceptors (Lipinski definition) is 2. The second kappa shape index (κ2) is 5.37. The van der Waals surface area contributed by atoms with Crippen LogP contribution in [-0.4, -0.2) is 19.3 Å². The summed E-state index contributed by atoms with van der Waals surface area (Å²) in [4.78, 5) is 0. The molecule has 16 heavy (non-hydrogen) atoms. The number of halogens is 2. The van der Waals surface area contributed by atoms with E-state index in [1.54, 1.807) is 6.07 Å². The molecule has 1 aromatic carbocycles. The van der Waals surface area contributed by atoms with Crippen LogP contribution in [0.4, 0.5) is 0 Å². The molecule has 2 rings (SSSR count). The van der Waals surface area contributed by atoms with Crippen LogP contribution in [0.1, 0.15) is 12.0 Å². The monoisotopic (exact) mass is 259 g/mol. The van der Waals surface area contributed by atoms with Crippen molar-refractivity contribution in [3.8, 4) is 0 Å². The summed E-state index contributed by atoms with van der Waals surface area (Å²) >= 11 is 12.0. The highest BCUT2D eigenvalue weighted by Crippen LogP contribution is 2.25. The SMILES string of the molecule is N[C@H]1CCOC[C@H]1Cc1ccc(Cl)cc1Cl. The zero-order valence-corrected chi connectivity index (χ0v) is 10.5. The first-order valence-electron chi connectivity index (χ1n) is 5.44. The van der Waals surface area contributed by atoms with Crippen molar-refractivity contribution >= 4 is 23.2 Å². The Balaban J connectivity index is 2.07. The van der Waals surface area contributed by atoms with Crippen LogP contribution in [0, 0.1) is 5.92 Å². The van der Waals surface area contributed by atoms with Gasteiger partial charge in [0.25, 0.3) is 0 Å². The molecule has 0 spiro atoms. The van der Waals surface area contributed by atoms with Gasteiger partial charge in [-0.2, -0.15) is 0 Å². The molecule has 0 unspecified atom stereocenters. The topological polar surface area (TPSA) is 35.2 Å². The van der Waals surface area contributed by atoms with Crippen LogP contribution in [0.3, 0.4) is 0 Å². The van der Waals surface area contributed by atoms with Gasteiger partial charge in [-0.15, -0.1) is 0 Å². The van der Waals surface area contributed by atoms with E-state index in [1.807, 2.05) is 12.1 Å². The number of hydrogen-bond donors (Lipinski definition) is 1. The van der Waals surface area contributed by atoms with Crippen LogP contribution < -0.4 is 5.73 Å². The highest BCUT2D eigenvalue weighted by molar-refractivity contribution is 6.35. The maximum absolute atomic E-state index is 6.13. The van der Waals surface area contributed by atoms with Gasteiger partial charge in [-0.3, -0.25) is 0 Å². The quantitative estimate of drug-likeness (QED) is 0.887. The second-order valence-electron chi connectivity index (χ2n) is 4.23. The Morgan fingerprint density at radius 1 is 1.38 bits per heavy atom. The van der Waals surface area contributed by atoms with E-state index in [9.17, 15) is 0 Å². The molecule has 0 aromatic heterocycles. The second-order valence-corrected chi connectivity index (χ2v) is 5.07. The third kappa shape index (κ3) is 2.89. The molecular formula is C12H15Cl2NO. The predicted octanol–water partition coefficient (Wildman–Crippen LogP) is 2.90. The van der Waals surface area contributed by atoms with Crippen LogP contribution >= 0.6 is 23.2 Å². The van der Waals surface area contributed by atoms with Gasteiger partial charge >= 0.3 is 0 Å². The molecule has 4 heteroatoms. The summed E-state index contributed by atoms with van der Waals surface area (Å²) in [6.45, 7) is 1.49. The lowest BCUT2D eigenvalue weighted by atomic mass is 9.90. The number of nitrogens with two attached hydrogens (primary N) is 1. The number of ether oxygens (including phenoxy) is 1. The van der Waals surface area contributed by atoms with Crippen LogP contribution in [0.5, 0.6) is 0 Å². The molecule has 1 aromatic rings. The molecule has 88 valence electrons. The van der Waals surface area contributed by atoms with E-state index in [4.69, 9.17) is 33.7 Å². The average molecular weight is 260 g/mol. The Morgan fingerprint density at radius 2 is 2.19 bits per heavy atom. The lowest BCUT2D eigenvalue weighted by molar-refractivity contribution is 0.0422. The van der Waals surface area contributed by atoms with Crippen molar-refractivity contribution in [2.75, 3.05) is 13.2 Å².